The number of aromatic amines is 1. The third-order valence-electron chi connectivity index (χ3n) is 2.68. The van der Waals surface area contributed by atoms with Gasteiger partial charge >= 0.3 is 5.97 Å². The Morgan fingerprint density at radius 2 is 2.26 bits per heavy atom. The Balaban J connectivity index is 2.09. The molecule has 0 aliphatic rings. The van der Waals surface area contributed by atoms with Crippen molar-refractivity contribution < 1.29 is 19.7 Å². The summed E-state index contributed by atoms with van der Waals surface area (Å²) in [6.07, 6.45) is 0.201. The summed E-state index contributed by atoms with van der Waals surface area (Å²) in [7, 11) is 0. The molecular weight excluding hydrogens is 250 g/mol. The number of fused-ring (bicyclic) bond motifs is 1. The van der Waals surface area contributed by atoms with E-state index in [0.717, 1.165) is 0 Å². The summed E-state index contributed by atoms with van der Waals surface area (Å²) in [5.41, 5.74) is 1.59. The van der Waals surface area contributed by atoms with Crippen LogP contribution in [-0.2, 0) is 9.53 Å². The van der Waals surface area contributed by atoms with E-state index in [0.29, 0.717) is 16.7 Å². The van der Waals surface area contributed by atoms with Crippen LogP contribution in [0.2, 0.25) is 0 Å². The van der Waals surface area contributed by atoms with Crippen LogP contribution in [-0.4, -0.2) is 43.8 Å². The van der Waals surface area contributed by atoms with E-state index < -0.39 is 18.2 Å². The molecule has 2 aromatic rings. The maximum atomic E-state index is 11.2. The summed E-state index contributed by atoms with van der Waals surface area (Å²) in [5.74, 6) is -0.551. The molecule has 3 N–H and O–H groups in total. The first kappa shape index (κ1) is 13.4. The zero-order valence-electron chi connectivity index (χ0n) is 10.4. The molecule has 0 fully saturated rings. The number of nitrogens with one attached hydrogen (secondary N) is 1. The summed E-state index contributed by atoms with van der Waals surface area (Å²) in [6, 6.07) is 1.63. The Kier molecular flexibility index (Phi) is 4.08. The number of carbonyl (C=O) groups excluding carboxylic acids is 1. The highest BCUT2D eigenvalue weighted by molar-refractivity contribution is 5.71. The molecule has 0 saturated carbocycles. The van der Waals surface area contributed by atoms with Crippen LogP contribution in [0.3, 0.4) is 0 Å². The van der Waals surface area contributed by atoms with Crippen LogP contribution in [0.1, 0.15) is 25.0 Å². The maximum absolute atomic E-state index is 11.2. The minimum atomic E-state index is -1.23. The van der Waals surface area contributed by atoms with Crippen LogP contribution < -0.4 is 0 Å². The Bertz CT molecular complexity index is 569. The van der Waals surface area contributed by atoms with Gasteiger partial charge in [-0.15, -0.1) is 0 Å². The number of carbonyl (C=O) groups is 1. The van der Waals surface area contributed by atoms with Gasteiger partial charge in [0, 0.05) is 11.8 Å². The minimum Gasteiger partial charge on any atom is -0.466 e. The van der Waals surface area contributed by atoms with E-state index in [1.165, 1.54) is 12.5 Å². The summed E-state index contributed by atoms with van der Waals surface area (Å²) in [5, 5.41) is 19.8. The Labute approximate surface area is 109 Å². The lowest BCUT2D eigenvalue weighted by Crippen LogP contribution is -2.23. The Morgan fingerprint density at radius 3 is 3.00 bits per heavy atom. The van der Waals surface area contributed by atoms with Gasteiger partial charge in [-0.05, 0) is 13.0 Å². The molecule has 102 valence electrons. The number of imidazole rings is 1. The lowest BCUT2D eigenvalue weighted by Gasteiger charge is -2.17. The SMILES string of the molecule is CCOC(=O)CC(O)C(O)c1cnc2nc[nH]c2c1. The highest BCUT2D eigenvalue weighted by Gasteiger charge is 2.22. The summed E-state index contributed by atoms with van der Waals surface area (Å²) < 4.78 is 4.71. The molecule has 0 aromatic carbocycles. The first-order valence-corrected chi connectivity index (χ1v) is 5.92. The number of aromatic nitrogens is 3. The van der Waals surface area contributed by atoms with Crippen LogP contribution in [0.25, 0.3) is 11.2 Å². The zero-order chi connectivity index (χ0) is 13.8. The van der Waals surface area contributed by atoms with Crippen molar-refractivity contribution in [3.8, 4) is 0 Å². The molecule has 2 unspecified atom stereocenters. The van der Waals surface area contributed by atoms with E-state index in [-0.39, 0.29) is 13.0 Å². The lowest BCUT2D eigenvalue weighted by atomic mass is 10.0. The molecule has 2 atom stereocenters. The van der Waals surface area contributed by atoms with Crippen LogP contribution in [0, 0.1) is 0 Å². The van der Waals surface area contributed by atoms with Gasteiger partial charge in [-0.25, -0.2) is 9.97 Å². The normalized spacial score (nSPS) is 14.3. The number of aliphatic hydroxyl groups excluding tert-OH is 2. The van der Waals surface area contributed by atoms with Gasteiger partial charge < -0.3 is 19.9 Å². The van der Waals surface area contributed by atoms with Crippen molar-refractivity contribution in [2.75, 3.05) is 6.61 Å². The maximum Gasteiger partial charge on any atom is 0.308 e. The van der Waals surface area contributed by atoms with Crippen molar-refractivity contribution >= 4 is 17.1 Å². The fraction of sp³-hybridized carbons (Fsp3) is 0.417. The molecule has 2 aromatic heterocycles. The number of ether oxygens (including phenoxy) is 1. The number of esters is 1. The number of aliphatic hydroxyl groups is 2. The van der Waals surface area contributed by atoms with E-state index in [1.54, 1.807) is 13.0 Å². The second kappa shape index (κ2) is 5.77. The quantitative estimate of drug-likeness (QED) is 0.671. The molecular formula is C12H15N3O4. The number of hydrogen-bond donors (Lipinski definition) is 3. The number of rotatable bonds is 5. The van der Waals surface area contributed by atoms with Gasteiger partial charge in [0.15, 0.2) is 5.65 Å². The van der Waals surface area contributed by atoms with Gasteiger partial charge in [0.2, 0.25) is 0 Å². The van der Waals surface area contributed by atoms with E-state index in [9.17, 15) is 15.0 Å². The van der Waals surface area contributed by atoms with Crippen molar-refractivity contribution in [2.24, 2.45) is 0 Å². The van der Waals surface area contributed by atoms with Crippen molar-refractivity contribution in [3.05, 3.63) is 24.2 Å². The molecule has 2 rings (SSSR count). The van der Waals surface area contributed by atoms with Gasteiger partial charge in [-0.3, -0.25) is 4.79 Å². The monoisotopic (exact) mass is 265 g/mol. The minimum absolute atomic E-state index is 0.239. The van der Waals surface area contributed by atoms with E-state index in [4.69, 9.17) is 4.74 Å². The van der Waals surface area contributed by atoms with Crippen LogP contribution >= 0.6 is 0 Å². The van der Waals surface area contributed by atoms with Crippen molar-refractivity contribution in [1.82, 2.24) is 15.0 Å². The Hall–Kier alpha value is -1.99. The highest BCUT2D eigenvalue weighted by atomic mass is 16.5. The second-order valence-corrected chi connectivity index (χ2v) is 4.06. The average molecular weight is 265 g/mol. The molecule has 0 bridgehead atoms. The molecule has 19 heavy (non-hydrogen) atoms. The topological polar surface area (TPSA) is 108 Å². The van der Waals surface area contributed by atoms with Gasteiger partial charge in [-0.2, -0.15) is 0 Å². The molecule has 7 nitrogen and oxygen atoms in total. The predicted molar refractivity (Wildman–Crippen MR) is 66.1 cm³/mol. The fourth-order valence-electron chi connectivity index (χ4n) is 1.73. The molecule has 0 radical (unpaired) electrons. The third kappa shape index (κ3) is 3.07. The number of hydrogen-bond acceptors (Lipinski definition) is 6. The predicted octanol–water partition coefficient (Wildman–Crippen LogP) is 0.305. The average Bonchev–Trinajstić information content (AvgIpc) is 2.85. The van der Waals surface area contributed by atoms with Crippen LogP contribution in [0.15, 0.2) is 18.6 Å². The molecule has 0 amide bonds. The lowest BCUT2D eigenvalue weighted by molar-refractivity contribution is -0.147. The first-order chi connectivity index (χ1) is 9.11. The third-order valence-corrected chi connectivity index (χ3v) is 2.68. The molecule has 0 spiro atoms. The van der Waals surface area contributed by atoms with Crippen LogP contribution in [0.5, 0.6) is 0 Å². The summed E-state index contributed by atoms with van der Waals surface area (Å²) in [6.45, 7) is 1.92. The van der Waals surface area contributed by atoms with E-state index in [2.05, 4.69) is 15.0 Å². The summed E-state index contributed by atoms with van der Waals surface area (Å²) >= 11 is 0. The van der Waals surface area contributed by atoms with Gasteiger partial charge in [-0.1, -0.05) is 0 Å². The largest absolute Gasteiger partial charge is 0.466 e. The van der Waals surface area contributed by atoms with E-state index >= 15 is 0 Å². The molecule has 0 saturated heterocycles. The molecule has 0 aliphatic carbocycles. The standard InChI is InChI=1S/C12H15N3O4/c1-2-19-10(17)4-9(16)11(18)7-3-8-12(13-5-7)15-6-14-8/h3,5-6,9,11,16,18H,2,4H2,1H3,(H,13,14,15). The molecule has 2 heterocycles. The first-order valence-electron chi connectivity index (χ1n) is 5.92. The van der Waals surface area contributed by atoms with Gasteiger partial charge in [0.05, 0.1) is 31.0 Å². The van der Waals surface area contributed by atoms with Crippen molar-refractivity contribution in [2.45, 2.75) is 25.6 Å². The van der Waals surface area contributed by atoms with Gasteiger partial charge in [0.25, 0.3) is 0 Å². The van der Waals surface area contributed by atoms with Gasteiger partial charge in [0.1, 0.15) is 6.10 Å². The smallest absolute Gasteiger partial charge is 0.308 e. The molecule has 7 heteroatoms. The molecule has 0 aliphatic heterocycles. The summed E-state index contributed by atoms with van der Waals surface area (Å²) in [4.78, 5) is 22.1. The number of H-pyrrole nitrogens is 1. The van der Waals surface area contributed by atoms with E-state index in [1.807, 2.05) is 0 Å². The van der Waals surface area contributed by atoms with Crippen LogP contribution in [0.4, 0.5) is 0 Å². The van der Waals surface area contributed by atoms with Crippen molar-refractivity contribution in [3.63, 3.8) is 0 Å². The number of nitrogens with zero attached hydrogens (tertiary/aromatic N) is 2. The Morgan fingerprint density at radius 1 is 1.47 bits per heavy atom. The number of pyridine rings is 1. The fourth-order valence-corrected chi connectivity index (χ4v) is 1.73. The van der Waals surface area contributed by atoms with Crippen molar-refractivity contribution in [1.29, 1.82) is 0 Å². The zero-order valence-corrected chi connectivity index (χ0v) is 10.4. The second-order valence-electron chi connectivity index (χ2n) is 4.06. The highest BCUT2D eigenvalue weighted by Crippen LogP contribution is 2.20.